The van der Waals surface area contributed by atoms with Gasteiger partial charge in [0.15, 0.2) is 0 Å². The van der Waals surface area contributed by atoms with Gasteiger partial charge in [-0.05, 0) is 17.7 Å². The highest BCUT2D eigenvalue weighted by atomic mass is 35.5. The molecule has 0 aliphatic carbocycles. The molecule has 0 N–H and O–H groups in total. The van der Waals surface area contributed by atoms with Gasteiger partial charge in [-0.15, -0.1) is 11.6 Å². The Morgan fingerprint density at radius 1 is 1.41 bits per heavy atom. The van der Waals surface area contributed by atoms with Crippen molar-refractivity contribution in [2.24, 2.45) is 0 Å². The van der Waals surface area contributed by atoms with Gasteiger partial charge in [-0.2, -0.15) is 0 Å². The summed E-state index contributed by atoms with van der Waals surface area (Å²) in [4.78, 5) is 2.37. The predicted octanol–water partition coefficient (Wildman–Crippen LogP) is 2.13. The quantitative estimate of drug-likeness (QED) is 0.770. The van der Waals surface area contributed by atoms with Gasteiger partial charge < -0.3 is 9.47 Å². The van der Waals surface area contributed by atoms with Gasteiger partial charge >= 0.3 is 0 Å². The fourth-order valence-corrected chi connectivity index (χ4v) is 2.19. The van der Waals surface area contributed by atoms with Crippen LogP contribution in [0.1, 0.15) is 5.56 Å². The smallest absolute Gasteiger partial charge is 0.118 e. The summed E-state index contributed by atoms with van der Waals surface area (Å²) in [6, 6.07) is 8.19. The van der Waals surface area contributed by atoms with Gasteiger partial charge in [-0.3, -0.25) is 4.90 Å². The normalized spacial score (nSPS) is 21.4. The fourth-order valence-electron chi connectivity index (χ4n) is 2.01. The first-order valence-electron chi connectivity index (χ1n) is 5.84. The Kier molecular flexibility index (Phi) is 4.66. The molecule has 17 heavy (non-hydrogen) atoms. The van der Waals surface area contributed by atoms with E-state index in [2.05, 4.69) is 17.0 Å². The molecule has 0 bridgehead atoms. The average molecular weight is 256 g/mol. The summed E-state index contributed by atoms with van der Waals surface area (Å²) in [5, 5.41) is 0. The first-order valence-corrected chi connectivity index (χ1v) is 6.38. The van der Waals surface area contributed by atoms with Gasteiger partial charge in [0.2, 0.25) is 0 Å². The van der Waals surface area contributed by atoms with E-state index in [-0.39, 0.29) is 6.10 Å². The van der Waals surface area contributed by atoms with Crippen LogP contribution in [-0.2, 0) is 11.3 Å². The maximum absolute atomic E-state index is 5.82. The molecule has 94 valence electrons. The Bertz CT molecular complexity index is 342. The zero-order chi connectivity index (χ0) is 12.1. The summed E-state index contributed by atoms with van der Waals surface area (Å²) in [5.41, 5.74) is 1.29. The Morgan fingerprint density at radius 3 is 2.82 bits per heavy atom. The number of methoxy groups -OCH3 is 1. The van der Waals surface area contributed by atoms with E-state index >= 15 is 0 Å². The predicted molar refractivity (Wildman–Crippen MR) is 68.7 cm³/mol. The second kappa shape index (κ2) is 6.24. The van der Waals surface area contributed by atoms with Crippen LogP contribution in [0.15, 0.2) is 24.3 Å². The van der Waals surface area contributed by atoms with E-state index in [4.69, 9.17) is 21.1 Å². The molecule has 0 amide bonds. The summed E-state index contributed by atoms with van der Waals surface area (Å²) >= 11 is 5.82. The van der Waals surface area contributed by atoms with Crippen LogP contribution in [0.4, 0.5) is 0 Å². The second-order valence-corrected chi connectivity index (χ2v) is 4.54. The summed E-state index contributed by atoms with van der Waals surface area (Å²) in [6.07, 6.45) is 0.170. The fraction of sp³-hybridized carbons (Fsp3) is 0.538. The highest BCUT2D eigenvalue weighted by Crippen LogP contribution is 2.15. The van der Waals surface area contributed by atoms with Crippen LogP contribution in [0.25, 0.3) is 0 Å². The van der Waals surface area contributed by atoms with E-state index in [0.717, 1.165) is 32.0 Å². The zero-order valence-corrected chi connectivity index (χ0v) is 10.8. The van der Waals surface area contributed by atoms with Crippen LogP contribution < -0.4 is 4.74 Å². The van der Waals surface area contributed by atoms with Crippen molar-refractivity contribution in [2.45, 2.75) is 12.6 Å². The van der Waals surface area contributed by atoms with Gasteiger partial charge in [0, 0.05) is 25.5 Å². The SMILES string of the molecule is COc1ccc(CN2CCOC(CCl)C2)cc1. The monoisotopic (exact) mass is 255 g/mol. The third-order valence-corrected chi connectivity index (χ3v) is 3.30. The standard InChI is InChI=1S/C13H18ClNO2/c1-16-12-4-2-11(3-5-12)9-15-6-7-17-13(8-14)10-15/h2-5,13H,6-10H2,1H3. The first kappa shape index (κ1) is 12.7. The molecular formula is C13H18ClNO2. The van der Waals surface area contributed by atoms with E-state index in [1.54, 1.807) is 7.11 Å². The molecule has 3 nitrogen and oxygen atoms in total. The van der Waals surface area contributed by atoms with E-state index in [0.29, 0.717) is 5.88 Å². The summed E-state index contributed by atoms with van der Waals surface area (Å²) < 4.78 is 10.7. The number of halogens is 1. The van der Waals surface area contributed by atoms with Crippen LogP contribution in [0.2, 0.25) is 0 Å². The van der Waals surface area contributed by atoms with Crippen molar-refractivity contribution in [3.05, 3.63) is 29.8 Å². The minimum absolute atomic E-state index is 0.170. The maximum atomic E-state index is 5.82. The van der Waals surface area contributed by atoms with E-state index < -0.39 is 0 Å². The first-order chi connectivity index (χ1) is 8.31. The molecule has 1 aromatic carbocycles. The number of hydrogen-bond acceptors (Lipinski definition) is 3. The van der Waals surface area contributed by atoms with Crippen LogP contribution in [0, 0.1) is 0 Å². The molecule has 0 radical (unpaired) electrons. The molecule has 1 unspecified atom stereocenters. The molecule has 1 heterocycles. The zero-order valence-electron chi connectivity index (χ0n) is 10.1. The number of hydrogen-bond donors (Lipinski definition) is 0. The number of morpholine rings is 1. The van der Waals surface area contributed by atoms with E-state index in [1.165, 1.54) is 5.56 Å². The van der Waals surface area contributed by atoms with Crippen molar-refractivity contribution in [3.8, 4) is 5.75 Å². The molecular weight excluding hydrogens is 238 g/mol. The van der Waals surface area contributed by atoms with E-state index in [9.17, 15) is 0 Å². The molecule has 1 aliphatic heterocycles. The lowest BCUT2D eigenvalue weighted by molar-refractivity contribution is -0.0194. The van der Waals surface area contributed by atoms with Gasteiger partial charge in [-0.1, -0.05) is 12.1 Å². The Balaban J connectivity index is 1.90. The van der Waals surface area contributed by atoms with Crippen LogP contribution in [0.3, 0.4) is 0 Å². The summed E-state index contributed by atoms with van der Waals surface area (Å²) in [7, 11) is 1.68. The topological polar surface area (TPSA) is 21.7 Å². The largest absolute Gasteiger partial charge is 0.497 e. The van der Waals surface area contributed by atoms with Crippen LogP contribution >= 0.6 is 11.6 Å². The number of rotatable bonds is 4. The summed E-state index contributed by atoms with van der Waals surface area (Å²) in [5.74, 6) is 1.47. The number of nitrogens with zero attached hydrogens (tertiary/aromatic N) is 1. The van der Waals surface area contributed by atoms with Crippen LogP contribution in [-0.4, -0.2) is 43.7 Å². The molecule has 1 fully saturated rings. The van der Waals surface area contributed by atoms with E-state index in [1.807, 2.05) is 12.1 Å². The molecule has 0 spiro atoms. The lowest BCUT2D eigenvalue weighted by Gasteiger charge is -2.31. The third-order valence-electron chi connectivity index (χ3n) is 2.96. The van der Waals surface area contributed by atoms with Gasteiger partial charge in [0.25, 0.3) is 0 Å². The van der Waals surface area contributed by atoms with Crippen molar-refractivity contribution in [1.82, 2.24) is 4.90 Å². The molecule has 1 atom stereocenters. The minimum atomic E-state index is 0.170. The maximum Gasteiger partial charge on any atom is 0.118 e. The second-order valence-electron chi connectivity index (χ2n) is 4.23. The summed E-state index contributed by atoms with van der Waals surface area (Å²) in [6.45, 7) is 3.60. The van der Waals surface area contributed by atoms with Gasteiger partial charge in [0.1, 0.15) is 5.75 Å². The Labute approximate surface area is 107 Å². The number of alkyl halides is 1. The van der Waals surface area contributed by atoms with Crippen molar-refractivity contribution in [1.29, 1.82) is 0 Å². The Hall–Kier alpha value is -0.770. The van der Waals surface area contributed by atoms with Crippen LogP contribution in [0.5, 0.6) is 5.75 Å². The van der Waals surface area contributed by atoms with Crippen molar-refractivity contribution in [3.63, 3.8) is 0 Å². The molecule has 1 aromatic rings. The average Bonchev–Trinajstić information content (AvgIpc) is 2.40. The molecule has 0 aromatic heterocycles. The van der Waals surface area contributed by atoms with Crippen molar-refractivity contribution < 1.29 is 9.47 Å². The Morgan fingerprint density at radius 2 is 2.18 bits per heavy atom. The van der Waals surface area contributed by atoms with Crippen molar-refractivity contribution >= 4 is 11.6 Å². The molecule has 0 saturated carbocycles. The molecule has 1 aliphatic rings. The highest BCUT2D eigenvalue weighted by Gasteiger charge is 2.19. The number of benzene rings is 1. The van der Waals surface area contributed by atoms with Crippen molar-refractivity contribution in [2.75, 3.05) is 32.7 Å². The van der Waals surface area contributed by atoms with Gasteiger partial charge in [0.05, 0.1) is 19.8 Å². The highest BCUT2D eigenvalue weighted by molar-refractivity contribution is 6.18. The lowest BCUT2D eigenvalue weighted by atomic mass is 10.2. The molecule has 1 saturated heterocycles. The molecule has 2 rings (SSSR count). The molecule has 4 heteroatoms. The third kappa shape index (κ3) is 3.60. The minimum Gasteiger partial charge on any atom is -0.497 e. The number of ether oxygens (including phenoxy) is 2. The van der Waals surface area contributed by atoms with Gasteiger partial charge in [-0.25, -0.2) is 0 Å². The lowest BCUT2D eigenvalue weighted by Crippen LogP contribution is -2.42.